The fourth-order valence-corrected chi connectivity index (χ4v) is 2.55. The standard InChI is InChI=1S/C14H17NO5/c15-14(13(19)20,10-7-9(10)12(17)18)6-5-8-3-1-2-4-11(8)16/h1-4,9-10,16H,5-7,15H2,(H,17,18)(H,19,20)/t9-,10?,14+/m0/s1. The van der Waals surface area contributed by atoms with Crippen molar-refractivity contribution < 1.29 is 24.9 Å². The Hall–Kier alpha value is -2.08. The first-order valence-corrected chi connectivity index (χ1v) is 6.38. The third-order valence-corrected chi connectivity index (χ3v) is 3.97. The van der Waals surface area contributed by atoms with E-state index in [0.29, 0.717) is 12.0 Å². The van der Waals surface area contributed by atoms with Gasteiger partial charge in [0.05, 0.1) is 5.92 Å². The Morgan fingerprint density at radius 2 is 1.95 bits per heavy atom. The number of para-hydroxylation sites is 1. The van der Waals surface area contributed by atoms with Crippen molar-refractivity contribution in [2.75, 3.05) is 0 Å². The molecular weight excluding hydrogens is 262 g/mol. The molecule has 1 unspecified atom stereocenters. The maximum absolute atomic E-state index is 11.4. The molecule has 0 aromatic heterocycles. The maximum atomic E-state index is 11.4. The number of carboxylic acids is 2. The molecule has 2 rings (SSSR count). The quantitative estimate of drug-likeness (QED) is 0.612. The summed E-state index contributed by atoms with van der Waals surface area (Å²) >= 11 is 0. The zero-order valence-electron chi connectivity index (χ0n) is 10.8. The van der Waals surface area contributed by atoms with E-state index in [1.54, 1.807) is 18.2 Å². The molecule has 0 aliphatic heterocycles. The normalized spacial score (nSPS) is 23.9. The van der Waals surface area contributed by atoms with Crippen LogP contribution in [0.1, 0.15) is 18.4 Å². The molecule has 3 atom stereocenters. The molecule has 20 heavy (non-hydrogen) atoms. The Bertz CT molecular complexity index is 544. The highest BCUT2D eigenvalue weighted by Gasteiger charge is 2.58. The Labute approximate surface area is 115 Å². The van der Waals surface area contributed by atoms with Crippen molar-refractivity contribution in [3.8, 4) is 5.75 Å². The molecule has 6 heteroatoms. The summed E-state index contributed by atoms with van der Waals surface area (Å²) in [5, 5.41) is 27.9. The van der Waals surface area contributed by atoms with Gasteiger partial charge < -0.3 is 21.1 Å². The molecule has 0 radical (unpaired) electrons. The van der Waals surface area contributed by atoms with E-state index in [2.05, 4.69) is 0 Å². The third kappa shape index (κ3) is 2.60. The highest BCUT2D eigenvalue weighted by Crippen LogP contribution is 2.47. The molecule has 0 bridgehead atoms. The number of hydrogen-bond donors (Lipinski definition) is 4. The summed E-state index contributed by atoms with van der Waals surface area (Å²) in [6, 6.07) is 6.63. The lowest BCUT2D eigenvalue weighted by atomic mass is 9.86. The van der Waals surface area contributed by atoms with Crippen LogP contribution in [0, 0.1) is 11.8 Å². The molecule has 1 aliphatic rings. The predicted molar refractivity (Wildman–Crippen MR) is 70.2 cm³/mol. The zero-order valence-corrected chi connectivity index (χ0v) is 10.8. The molecule has 0 heterocycles. The Balaban J connectivity index is 2.09. The Kier molecular flexibility index (Phi) is 3.67. The van der Waals surface area contributed by atoms with Gasteiger partial charge in [-0.1, -0.05) is 18.2 Å². The largest absolute Gasteiger partial charge is 0.508 e. The van der Waals surface area contributed by atoms with E-state index in [1.165, 1.54) is 6.07 Å². The van der Waals surface area contributed by atoms with Crippen molar-refractivity contribution in [3.05, 3.63) is 29.8 Å². The lowest BCUT2D eigenvalue weighted by molar-refractivity contribution is -0.145. The van der Waals surface area contributed by atoms with E-state index < -0.39 is 29.3 Å². The van der Waals surface area contributed by atoms with Gasteiger partial charge in [0.2, 0.25) is 0 Å². The van der Waals surface area contributed by atoms with Crippen LogP contribution in [0.2, 0.25) is 0 Å². The topological polar surface area (TPSA) is 121 Å². The van der Waals surface area contributed by atoms with Gasteiger partial charge in [0.25, 0.3) is 0 Å². The molecule has 5 N–H and O–H groups in total. The van der Waals surface area contributed by atoms with Gasteiger partial charge in [0, 0.05) is 5.92 Å². The van der Waals surface area contributed by atoms with Crippen molar-refractivity contribution >= 4 is 11.9 Å². The number of aromatic hydroxyl groups is 1. The minimum Gasteiger partial charge on any atom is -0.508 e. The second-order valence-electron chi connectivity index (χ2n) is 5.26. The fraction of sp³-hybridized carbons (Fsp3) is 0.429. The summed E-state index contributed by atoms with van der Waals surface area (Å²) in [4.78, 5) is 22.3. The summed E-state index contributed by atoms with van der Waals surface area (Å²) in [7, 11) is 0. The van der Waals surface area contributed by atoms with Crippen molar-refractivity contribution in [2.24, 2.45) is 17.6 Å². The lowest BCUT2D eigenvalue weighted by Crippen LogP contribution is -2.51. The van der Waals surface area contributed by atoms with Gasteiger partial charge >= 0.3 is 11.9 Å². The molecule has 1 aromatic rings. The molecule has 1 aliphatic carbocycles. The SMILES string of the molecule is N[C@@](CCc1ccccc1O)(C(=O)O)C1C[C@@H]1C(=O)O. The second-order valence-corrected chi connectivity index (χ2v) is 5.26. The van der Waals surface area contributed by atoms with Crippen LogP contribution in [0.4, 0.5) is 0 Å². The Morgan fingerprint density at radius 3 is 2.45 bits per heavy atom. The number of rotatable bonds is 6. The Morgan fingerprint density at radius 1 is 1.30 bits per heavy atom. The number of aliphatic carboxylic acids is 2. The summed E-state index contributed by atoms with van der Waals surface area (Å²) < 4.78 is 0. The van der Waals surface area contributed by atoms with Crippen LogP contribution >= 0.6 is 0 Å². The minimum atomic E-state index is -1.56. The molecule has 1 fully saturated rings. The number of phenolic OH excluding ortho intramolecular Hbond substituents is 1. The van der Waals surface area contributed by atoms with Gasteiger partial charge in [-0.3, -0.25) is 9.59 Å². The summed E-state index contributed by atoms with van der Waals surface area (Å²) in [6.45, 7) is 0. The summed E-state index contributed by atoms with van der Waals surface area (Å²) in [5.41, 5.74) is 4.97. The van der Waals surface area contributed by atoms with E-state index in [4.69, 9.17) is 10.8 Å². The smallest absolute Gasteiger partial charge is 0.324 e. The van der Waals surface area contributed by atoms with Crippen LogP contribution in [0.5, 0.6) is 5.75 Å². The van der Waals surface area contributed by atoms with Gasteiger partial charge in [-0.2, -0.15) is 0 Å². The van der Waals surface area contributed by atoms with E-state index in [9.17, 15) is 19.8 Å². The highest BCUT2D eigenvalue weighted by atomic mass is 16.4. The average molecular weight is 279 g/mol. The predicted octanol–water partition coefficient (Wildman–Crippen LogP) is 0.828. The van der Waals surface area contributed by atoms with Crippen molar-refractivity contribution in [3.63, 3.8) is 0 Å². The van der Waals surface area contributed by atoms with Crippen molar-refractivity contribution in [1.29, 1.82) is 0 Å². The summed E-state index contributed by atoms with van der Waals surface area (Å²) in [6.07, 6.45) is 0.672. The van der Waals surface area contributed by atoms with E-state index in [-0.39, 0.29) is 18.6 Å². The number of aryl methyl sites for hydroxylation is 1. The van der Waals surface area contributed by atoms with E-state index >= 15 is 0 Å². The maximum Gasteiger partial charge on any atom is 0.324 e. The van der Waals surface area contributed by atoms with Crippen LogP contribution in [0.15, 0.2) is 24.3 Å². The van der Waals surface area contributed by atoms with Gasteiger partial charge in [0.15, 0.2) is 0 Å². The monoisotopic (exact) mass is 279 g/mol. The van der Waals surface area contributed by atoms with Gasteiger partial charge in [0.1, 0.15) is 11.3 Å². The van der Waals surface area contributed by atoms with Crippen LogP contribution in [-0.2, 0) is 16.0 Å². The number of carbonyl (C=O) groups is 2. The van der Waals surface area contributed by atoms with Crippen molar-refractivity contribution in [2.45, 2.75) is 24.8 Å². The van der Waals surface area contributed by atoms with Crippen LogP contribution in [-0.4, -0.2) is 32.8 Å². The molecule has 1 saturated carbocycles. The molecule has 6 nitrogen and oxygen atoms in total. The molecule has 1 aromatic carbocycles. The number of benzene rings is 1. The van der Waals surface area contributed by atoms with Crippen molar-refractivity contribution in [1.82, 2.24) is 0 Å². The van der Waals surface area contributed by atoms with Crippen LogP contribution in [0.3, 0.4) is 0 Å². The fourth-order valence-electron chi connectivity index (χ4n) is 2.55. The van der Waals surface area contributed by atoms with Gasteiger partial charge in [-0.15, -0.1) is 0 Å². The first kappa shape index (κ1) is 14.3. The minimum absolute atomic E-state index is 0.0887. The number of hydrogen-bond acceptors (Lipinski definition) is 4. The molecule has 0 amide bonds. The number of carboxylic acid groups (broad SMARTS) is 2. The molecular formula is C14H17NO5. The third-order valence-electron chi connectivity index (χ3n) is 3.97. The first-order valence-electron chi connectivity index (χ1n) is 6.38. The molecule has 108 valence electrons. The molecule has 0 spiro atoms. The van der Waals surface area contributed by atoms with E-state index in [1.807, 2.05) is 0 Å². The van der Waals surface area contributed by atoms with Gasteiger partial charge in [-0.05, 0) is 30.9 Å². The van der Waals surface area contributed by atoms with E-state index in [0.717, 1.165) is 0 Å². The van der Waals surface area contributed by atoms with Crippen LogP contribution < -0.4 is 5.73 Å². The second kappa shape index (κ2) is 5.13. The molecule has 0 saturated heterocycles. The first-order chi connectivity index (χ1) is 9.36. The number of phenols is 1. The average Bonchev–Trinajstić information content (AvgIpc) is 3.18. The van der Waals surface area contributed by atoms with Gasteiger partial charge in [-0.25, -0.2) is 0 Å². The lowest BCUT2D eigenvalue weighted by Gasteiger charge is -2.25. The highest BCUT2D eigenvalue weighted by molar-refractivity contribution is 5.83. The summed E-state index contributed by atoms with van der Waals surface area (Å²) in [5.74, 6) is -3.34. The zero-order chi connectivity index (χ0) is 14.9. The van der Waals surface area contributed by atoms with Crippen LogP contribution in [0.25, 0.3) is 0 Å². The number of nitrogens with two attached hydrogens (primary N) is 1.